The number of rotatable bonds is 9. The second-order valence-electron chi connectivity index (χ2n) is 15.8. The lowest BCUT2D eigenvalue weighted by Crippen LogP contribution is -2.46. The standard InChI is InChI=1S/C41H51N7O2S2/c1-22(2)24(5)38(49)47-16-18-51-40(47)37-44-21-32(46-37)30-15-14-29(33-27-10-12-28(13-11-27)34(30)33)25-6-8-26(9-7-25)31-20-43-36(45-31)41-48(17-19-52-41)39(50)35(42)23(3)4/h6-9,14-15,20-24,27-28,35,40-41H,10-13,16-19,42H2,1-5H3,(H,43,45)(H,44,46). The lowest BCUT2D eigenvalue weighted by Gasteiger charge is -2.41. The molecule has 4 heterocycles. The van der Waals surface area contributed by atoms with E-state index in [0.717, 1.165) is 46.7 Å². The number of amides is 2. The molecule has 52 heavy (non-hydrogen) atoms. The molecule has 2 aromatic carbocycles. The number of hydrogen-bond donors (Lipinski definition) is 3. The minimum atomic E-state index is -0.507. The summed E-state index contributed by atoms with van der Waals surface area (Å²) in [6, 6.07) is 12.9. The summed E-state index contributed by atoms with van der Waals surface area (Å²) in [6.07, 6.45) is 8.81. The molecule has 4 unspecified atom stereocenters. The summed E-state index contributed by atoms with van der Waals surface area (Å²) in [5.74, 6) is 5.17. The number of nitrogens with two attached hydrogens (primary N) is 1. The molecule has 4 atom stereocenters. The summed E-state index contributed by atoms with van der Waals surface area (Å²) in [5.41, 5.74) is 16.1. The van der Waals surface area contributed by atoms with Crippen molar-refractivity contribution in [3.63, 3.8) is 0 Å². The minimum absolute atomic E-state index is 0.00830. The number of H-pyrrole nitrogens is 2. The van der Waals surface area contributed by atoms with Gasteiger partial charge in [-0.15, -0.1) is 23.5 Å². The van der Waals surface area contributed by atoms with Gasteiger partial charge < -0.3 is 25.5 Å². The van der Waals surface area contributed by atoms with E-state index in [4.69, 9.17) is 15.7 Å². The molecule has 0 spiro atoms. The van der Waals surface area contributed by atoms with Gasteiger partial charge in [0, 0.05) is 36.1 Å². The molecule has 4 N–H and O–H groups in total. The molecule has 3 aliphatic carbocycles. The number of thioether (sulfide) groups is 2. The average molecular weight is 738 g/mol. The highest BCUT2D eigenvalue weighted by Gasteiger charge is 2.39. The molecule has 5 aliphatic rings. The first-order valence-electron chi connectivity index (χ1n) is 19.1. The van der Waals surface area contributed by atoms with Gasteiger partial charge in [0.1, 0.15) is 22.4 Å². The number of hydrogen-bond acceptors (Lipinski definition) is 7. The molecule has 2 aliphatic heterocycles. The van der Waals surface area contributed by atoms with Crippen LogP contribution in [0.1, 0.15) is 106 Å². The first-order chi connectivity index (χ1) is 25.1. The van der Waals surface area contributed by atoms with E-state index < -0.39 is 6.04 Å². The van der Waals surface area contributed by atoms with Gasteiger partial charge in [0.15, 0.2) is 0 Å². The molecule has 2 amide bonds. The van der Waals surface area contributed by atoms with E-state index in [1.807, 2.05) is 43.0 Å². The van der Waals surface area contributed by atoms with Gasteiger partial charge in [0.05, 0.1) is 29.8 Å². The third kappa shape index (κ3) is 6.30. The van der Waals surface area contributed by atoms with Crippen molar-refractivity contribution in [1.82, 2.24) is 29.7 Å². The smallest absolute Gasteiger partial charge is 0.241 e. The second kappa shape index (κ2) is 14.4. The number of imidazole rings is 2. The van der Waals surface area contributed by atoms with Gasteiger partial charge in [-0.2, -0.15) is 0 Å². The van der Waals surface area contributed by atoms with Crippen LogP contribution in [0, 0.1) is 17.8 Å². The van der Waals surface area contributed by atoms with Gasteiger partial charge in [-0.3, -0.25) is 9.59 Å². The maximum Gasteiger partial charge on any atom is 0.241 e. The van der Waals surface area contributed by atoms with E-state index >= 15 is 0 Å². The Kier molecular flexibility index (Phi) is 9.80. The molecule has 2 saturated heterocycles. The van der Waals surface area contributed by atoms with Crippen LogP contribution >= 0.6 is 23.5 Å². The van der Waals surface area contributed by atoms with Crippen LogP contribution in [-0.2, 0) is 9.59 Å². The van der Waals surface area contributed by atoms with Crippen molar-refractivity contribution in [3.8, 4) is 33.6 Å². The largest absolute Gasteiger partial charge is 0.340 e. The fourth-order valence-corrected chi connectivity index (χ4v) is 11.0. The van der Waals surface area contributed by atoms with E-state index in [9.17, 15) is 9.59 Å². The molecule has 0 radical (unpaired) electrons. The monoisotopic (exact) mass is 737 g/mol. The van der Waals surface area contributed by atoms with Crippen molar-refractivity contribution in [2.75, 3.05) is 24.6 Å². The average Bonchev–Trinajstić information content (AvgIpc) is 4.00. The van der Waals surface area contributed by atoms with Crippen LogP contribution in [0.4, 0.5) is 0 Å². The maximum absolute atomic E-state index is 13.4. The Balaban J connectivity index is 1.06. The Morgan fingerprint density at radius 3 is 1.77 bits per heavy atom. The zero-order valence-corrected chi connectivity index (χ0v) is 32.5. The number of carbonyl (C=O) groups is 2. The zero-order chi connectivity index (χ0) is 36.3. The molecule has 1 saturated carbocycles. The number of aromatic nitrogens is 4. The number of nitrogens with one attached hydrogen (secondary N) is 2. The quantitative estimate of drug-likeness (QED) is 0.158. The summed E-state index contributed by atoms with van der Waals surface area (Å²) < 4.78 is 0. The Labute approximate surface area is 315 Å². The fourth-order valence-electron chi connectivity index (χ4n) is 8.58. The van der Waals surface area contributed by atoms with E-state index in [2.05, 4.69) is 60.2 Å². The summed E-state index contributed by atoms with van der Waals surface area (Å²) in [4.78, 5) is 47.2. The predicted molar refractivity (Wildman–Crippen MR) is 212 cm³/mol. The van der Waals surface area contributed by atoms with Gasteiger partial charge in [0.25, 0.3) is 0 Å². The highest BCUT2D eigenvalue weighted by molar-refractivity contribution is 8.00. The van der Waals surface area contributed by atoms with Crippen LogP contribution in [0.15, 0.2) is 48.8 Å². The Hall–Kier alpha value is -3.54. The summed E-state index contributed by atoms with van der Waals surface area (Å²) in [5, 5.41) is -0.219. The van der Waals surface area contributed by atoms with Crippen molar-refractivity contribution in [3.05, 3.63) is 71.6 Å². The normalized spacial score (nSPS) is 23.8. The van der Waals surface area contributed by atoms with E-state index in [1.165, 1.54) is 53.5 Å². The maximum atomic E-state index is 13.4. The fraction of sp³-hybridized carbons (Fsp3) is 0.512. The van der Waals surface area contributed by atoms with Gasteiger partial charge >= 0.3 is 0 Å². The topological polar surface area (TPSA) is 124 Å². The lowest BCUT2D eigenvalue weighted by molar-refractivity contribution is -0.136. The molecule has 274 valence electrons. The molecule has 3 fully saturated rings. The van der Waals surface area contributed by atoms with Crippen LogP contribution in [0.3, 0.4) is 0 Å². The number of benzene rings is 2. The van der Waals surface area contributed by atoms with Crippen molar-refractivity contribution in [2.24, 2.45) is 23.5 Å². The summed E-state index contributed by atoms with van der Waals surface area (Å²) in [7, 11) is 0. The molecule has 2 aromatic heterocycles. The number of aromatic amines is 2. The number of carbonyl (C=O) groups excluding carboxylic acids is 2. The van der Waals surface area contributed by atoms with Crippen LogP contribution in [-0.4, -0.2) is 72.2 Å². The van der Waals surface area contributed by atoms with Gasteiger partial charge in [-0.25, -0.2) is 9.97 Å². The molecular weight excluding hydrogens is 687 g/mol. The van der Waals surface area contributed by atoms with E-state index in [1.54, 1.807) is 23.5 Å². The van der Waals surface area contributed by atoms with Crippen LogP contribution in [0.5, 0.6) is 0 Å². The molecule has 11 heteroatoms. The van der Waals surface area contributed by atoms with Crippen molar-refractivity contribution < 1.29 is 9.59 Å². The number of fused-ring (bicyclic) bond motifs is 2. The first-order valence-corrected chi connectivity index (χ1v) is 21.2. The minimum Gasteiger partial charge on any atom is -0.340 e. The predicted octanol–water partition coefficient (Wildman–Crippen LogP) is 8.31. The summed E-state index contributed by atoms with van der Waals surface area (Å²) in [6.45, 7) is 11.7. The Bertz CT molecular complexity index is 1940. The molecular formula is C41H51N7O2S2. The van der Waals surface area contributed by atoms with E-state index in [-0.39, 0.29) is 34.4 Å². The van der Waals surface area contributed by atoms with Crippen molar-refractivity contribution in [1.29, 1.82) is 0 Å². The highest BCUT2D eigenvalue weighted by Crippen LogP contribution is 2.55. The molecule has 9 nitrogen and oxygen atoms in total. The van der Waals surface area contributed by atoms with Crippen LogP contribution < -0.4 is 5.73 Å². The highest BCUT2D eigenvalue weighted by atomic mass is 32.2. The first kappa shape index (κ1) is 35.5. The van der Waals surface area contributed by atoms with Crippen LogP contribution in [0.2, 0.25) is 0 Å². The van der Waals surface area contributed by atoms with Gasteiger partial charge in [-0.05, 0) is 77.2 Å². The van der Waals surface area contributed by atoms with Gasteiger partial charge in [-0.1, -0.05) is 71.0 Å². The van der Waals surface area contributed by atoms with Crippen molar-refractivity contribution >= 4 is 35.3 Å². The zero-order valence-electron chi connectivity index (χ0n) is 30.9. The Morgan fingerprint density at radius 1 is 0.692 bits per heavy atom. The third-order valence-electron chi connectivity index (χ3n) is 12.0. The third-order valence-corrected chi connectivity index (χ3v) is 14.5. The summed E-state index contributed by atoms with van der Waals surface area (Å²) >= 11 is 3.54. The molecule has 2 bridgehead atoms. The van der Waals surface area contributed by atoms with Gasteiger partial charge in [0.2, 0.25) is 11.8 Å². The van der Waals surface area contributed by atoms with Crippen LogP contribution in [0.25, 0.3) is 33.6 Å². The number of nitrogens with zero attached hydrogens (tertiary/aromatic N) is 4. The Morgan fingerprint density at radius 2 is 1.19 bits per heavy atom. The second-order valence-corrected chi connectivity index (χ2v) is 18.2. The lowest BCUT2D eigenvalue weighted by atomic mass is 9.64. The van der Waals surface area contributed by atoms with Crippen molar-refractivity contribution in [2.45, 2.75) is 88.9 Å². The molecule has 9 rings (SSSR count). The SMILES string of the molecule is CC(C)C(C)C(=O)N1CCSC1c1ncc(-c2ccc(-c3ccc(-c4cnc(C5SCCN5C(=O)C(N)C(C)C)[nH]4)cc3)c3c2C2CCC3CC2)[nH]1. The van der Waals surface area contributed by atoms with E-state index in [0.29, 0.717) is 24.3 Å². The molecule has 4 aromatic rings.